The first-order chi connectivity index (χ1) is 9.27. The molecule has 0 unspecified atom stereocenters. The summed E-state index contributed by atoms with van der Waals surface area (Å²) in [4.78, 5) is 11.8. The number of hydrogen-bond donors (Lipinski definition) is 2. The van der Waals surface area contributed by atoms with Gasteiger partial charge in [-0.05, 0) is 48.4 Å². The van der Waals surface area contributed by atoms with Gasteiger partial charge in [0.1, 0.15) is 0 Å². The van der Waals surface area contributed by atoms with Gasteiger partial charge in [0.2, 0.25) is 10.0 Å². The lowest BCUT2D eigenvalue weighted by molar-refractivity contribution is 0.0996. The maximum atomic E-state index is 11.9. The van der Waals surface area contributed by atoms with Crippen LogP contribution < -0.4 is 10.5 Å². The molecule has 8 heteroatoms. The average molecular weight is 315 g/mol. The Labute approximate surface area is 120 Å². The number of carbonyl (C=O) groups is 1. The van der Waals surface area contributed by atoms with Crippen LogP contribution in [0.25, 0.3) is 0 Å². The van der Waals surface area contributed by atoms with Crippen molar-refractivity contribution in [1.82, 2.24) is 0 Å². The molecule has 106 valence electrons. The van der Waals surface area contributed by atoms with Gasteiger partial charge in [-0.2, -0.15) is 0 Å². The smallest absolute Gasteiger partial charge is 0.291 e. The molecule has 0 aliphatic carbocycles. The number of hydrogen-bond acceptors (Lipinski definition) is 4. The molecule has 0 bridgehead atoms. The molecule has 1 amide bonds. The molecule has 1 heterocycles. The molecule has 1 aromatic carbocycles. The number of nitrogens with one attached hydrogen (secondary N) is 1. The lowest BCUT2D eigenvalue weighted by Crippen LogP contribution is -2.15. The van der Waals surface area contributed by atoms with Gasteiger partial charge in [0.25, 0.3) is 5.91 Å². The van der Waals surface area contributed by atoms with Crippen LogP contribution in [-0.4, -0.2) is 14.3 Å². The minimum absolute atomic E-state index is 0.0235. The zero-order valence-corrected chi connectivity index (χ0v) is 12.0. The van der Waals surface area contributed by atoms with Gasteiger partial charge in [0.05, 0.1) is 4.90 Å². The first-order valence-corrected chi connectivity index (χ1v) is 7.40. The standard InChI is InChI=1S/C12H11ClN2O4S/c1-7-2-3-8(20(14,17)18)6-9(7)15-12(16)10-4-5-11(13)19-10/h2-6H,1H3,(H,15,16)(H2,14,17,18). The van der Waals surface area contributed by atoms with Gasteiger partial charge in [-0.3, -0.25) is 4.79 Å². The number of halogens is 1. The fraction of sp³-hybridized carbons (Fsp3) is 0.0833. The van der Waals surface area contributed by atoms with Gasteiger partial charge >= 0.3 is 0 Å². The Morgan fingerprint density at radius 2 is 2.00 bits per heavy atom. The summed E-state index contributed by atoms with van der Waals surface area (Å²) in [6, 6.07) is 7.04. The Kier molecular flexibility index (Phi) is 3.85. The fourth-order valence-corrected chi connectivity index (χ4v) is 2.22. The molecule has 0 spiro atoms. The molecule has 2 rings (SSSR count). The number of nitrogens with two attached hydrogens (primary N) is 1. The first kappa shape index (κ1) is 14.6. The van der Waals surface area contributed by atoms with Crippen LogP contribution in [0.3, 0.4) is 0 Å². The van der Waals surface area contributed by atoms with Crippen LogP contribution in [0.15, 0.2) is 39.6 Å². The molecular weight excluding hydrogens is 304 g/mol. The lowest BCUT2D eigenvalue weighted by Gasteiger charge is -2.08. The number of anilines is 1. The Morgan fingerprint density at radius 1 is 1.30 bits per heavy atom. The third-order valence-corrected chi connectivity index (χ3v) is 3.70. The molecule has 0 aliphatic heterocycles. The van der Waals surface area contributed by atoms with Crippen molar-refractivity contribution < 1.29 is 17.6 Å². The minimum atomic E-state index is -3.83. The fourth-order valence-electron chi connectivity index (χ4n) is 1.53. The Morgan fingerprint density at radius 3 is 2.55 bits per heavy atom. The van der Waals surface area contributed by atoms with Gasteiger partial charge in [-0.25, -0.2) is 13.6 Å². The minimum Gasteiger partial charge on any atom is -0.440 e. The quantitative estimate of drug-likeness (QED) is 0.905. The molecular formula is C12H11ClN2O4S. The Balaban J connectivity index is 2.31. The maximum Gasteiger partial charge on any atom is 0.291 e. The highest BCUT2D eigenvalue weighted by Crippen LogP contribution is 2.21. The third-order valence-electron chi connectivity index (χ3n) is 2.58. The predicted molar refractivity (Wildman–Crippen MR) is 74.2 cm³/mol. The maximum absolute atomic E-state index is 11.9. The molecule has 20 heavy (non-hydrogen) atoms. The number of benzene rings is 1. The van der Waals surface area contributed by atoms with E-state index in [-0.39, 0.29) is 15.9 Å². The van der Waals surface area contributed by atoms with Gasteiger partial charge in [0, 0.05) is 5.69 Å². The second kappa shape index (κ2) is 5.28. The van der Waals surface area contributed by atoms with E-state index >= 15 is 0 Å². The molecule has 0 saturated carbocycles. The van der Waals surface area contributed by atoms with E-state index in [1.54, 1.807) is 13.0 Å². The Hall–Kier alpha value is -1.83. The van der Waals surface area contributed by atoms with E-state index in [0.29, 0.717) is 11.3 Å². The van der Waals surface area contributed by atoms with E-state index in [2.05, 4.69) is 5.32 Å². The molecule has 0 atom stereocenters. The predicted octanol–water partition coefficient (Wildman–Crippen LogP) is 2.14. The topological polar surface area (TPSA) is 102 Å². The highest BCUT2D eigenvalue weighted by molar-refractivity contribution is 7.89. The average Bonchev–Trinajstić information content (AvgIpc) is 2.77. The van der Waals surface area contributed by atoms with Crippen molar-refractivity contribution in [2.45, 2.75) is 11.8 Å². The highest BCUT2D eigenvalue weighted by atomic mass is 35.5. The van der Waals surface area contributed by atoms with E-state index in [1.807, 2.05) is 0 Å². The van der Waals surface area contributed by atoms with Crippen molar-refractivity contribution in [3.05, 3.63) is 46.9 Å². The van der Waals surface area contributed by atoms with Crippen molar-refractivity contribution in [3.8, 4) is 0 Å². The van der Waals surface area contributed by atoms with E-state index in [0.717, 1.165) is 0 Å². The molecule has 6 nitrogen and oxygen atoms in total. The highest BCUT2D eigenvalue weighted by Gasteiger charge is 2.14. The first-order valence-electron chi connectivity index (χ1n) is 5.47. The van der Waals surface area contributed by atoms with E-state index in [9.17, 15) is 13.2 Å². The summed E-state index contributed by atoms with van der Waals surface area (Å²) in [6.07, 6.45) is 0. The second-order valence-corrected chi connectivity index (χ2v) is 6.01. The summed E-state index contributed by atoms with van der Waals surface area (Å²) in [5, 5.41) is 7.67. The van der Waals surface area contributed by atoms with Gasteiger partial charge in [-0.15, -0.1) is 0 Å². The number of aryl methyl sites for hydroxylation is 1. The largest absolute Gasteiger partial charge is 0.440 e. The molecule has 2 aromatic rings. The van der Waals surface area contributed by atoms with Crippen molar-refractivity contribution in [2.75, 3.05) is 5.32 Å². The zero-order chi connectivity index (χ0) is 14.9. The summed E-state index contributed by atoms with van der Waals surface area (Å²) < 4.78 is 27.5. The molecule has 0 fully saturated rings. The number of rotatable bonds is 3. The molecule has 0 aliphatic rings. The summed E-state index contributed by atoms with van der Waals surface area (Å²) >= 11 is 5.58. The summed E-state index contributed by atoms with van der Waals surface area (Å²) in [6.45, 7) is 1.72. The SMILES string of the molecule is Cc1ccc(S(N)(=O)=O)cc1NC(=O)c1ccc(Cl)o1. The van der Waals surface area contributed by atoms with Crippen LogP contribution in [0.5, 0.6) is 0 Å². The van der Waals surface area contributed by atoms with Crippen molar-refractivity contribution in [2.24, 2.45) is 5.14 Å². The van der Waals surface area contributed by atoms with Gasteiger partial charge in [0.15, 0.2) is 11.0 Å². The Bertz CT molecular complexity index is 768. The van der Waals surface area contributed by atoms with Crippen LogP contribution in [0.4, 0.5) is 5.69 Å². The van der Waals surface area contributed by atoms with Gasteiger partial charge < -0.3 is 9.73 Å². The van der Waals surface area contributed by atoms with Crippen molar-refractivity contribution in [1.29, 1.82) is 0 Å². The summed E-state index contributed by atoms with van der Waals surface area (Å²) in [7, 11) is -3.83. The monoisotopic (exact) mass is 314 g/mol. The number of sulfonamides is 1. The summed E-state index contributed by atoms with van der Waals surface area (Å²) in [5.74, 6) is -0.512. The summed E-state index contributed by atoms with van der Waals surface area (Å²) in [5.41, 5.74) is 1.01. The third kappa shape index (κ3) is 3.19. The zero-order valence-electron chi connectivity index (χ0n) is 10.4. The van der Waals surface area contributed by atoms with Crippen LogP contribution in [0, 0.1) is 6.92 Å². The van der Waals surface area contributed by atoms with Crippen LogP contribution >= 0.6 is 11.6 Å². The molecule has 3 N–H and O–H groups in total. The second-order valence-electron chi connectivity index (χ2n) is 4.08. The lowest BCUT2D eigenvalue weighted by atomic mass is 10.2. The van der Waals surface area contributed by atoms with Crippen LogP contribution in [0.2, 0.25) is 5.22 Å². The number of carbonyl (C=O) groups excluding carboxylic acids is 1. The normalized spacial score (nSPS) is 11.3. The molecule has 1 aromatic heterocycles. The van der Waals surface area contributed by atoms with E-state index in [4.69, 9.17) is 21.2 Å². The van der Waals surface area contributed by atoms with E-state index in [1.165, 1.54) is 24.3 Å². The van der Waals surface area contributed by atoms with Crippen molar-refractivity contribution >= 4 is 33.2 Å². The number of primary sulfonamides is 1. The van der Waals surface area contributed by atoms with Crippen LogP contribution in [0.1, 0.15) is 16.1 Å². The molecule has 0 radical (unpaired) electrons. The number of furan rings is 1. The van der Waals surface area contributed by atoms with Crippen molar-refractivity contribution in [3.63, 3.8) is 0 Å². The molecule has 0 saturated heterocycles. The van der Waals surface area contributed by atoms with Gasteiger partial charge in [-0.1, -0.05) is 6.07 Å². The van der Waals surface area contributed by atoms with E-state index < -0.39 is 15.9 Å². The number of amides is 1. The van der Waals surface area contributed by atoms with Crippen LogP contribution in [-0.2, 0) is 10.0 Å².